The van der Waals surface area contributed by atoms with Crippen LogP contribution in [-0.2, 0) is 11.2 Å². The van der Waals surface area contributed by atoms with E-state index in [1.807, 2.05) is 23.6 Å². The van der Waals surface area contributed by atoms with E-state index in [1.165, 1.54) is 11.1 Å². The van der Waals surface area contributed by atoms with Gasteiger partial charge in [0.15, 0.2) is 5.78 Å². The van der Waals surface area contributed by atoms with Crippen LogP contribution in [0, 0.1) is 2.88 Å². The van der Waals surface area contributed by atoms with E-state index in [-0.39, 0.29) is 11.9 Å². The van der Waals surface area contributed by atoms with Crippen LogP contribution in [0.5, 0.6) is 0 Å². The molecule has 1 aliphatic heterocycles. The van der Waals surface area contributed by atoms with Crippen molar-refractivity contribution in [1.29, 1.82) is 0 Å². The van der Waals surface area contributed by atoms with Crippen molar-refractivity contribution >= 4 is 39.7 Å². The second kappa shape index (κ2) is 5.73. The lowest BCUT2D eigenvalue weighted by atomic mass is 9.94. The van der Waals surface area contributed by atoms with Crippen molar-refractivity contribution in [3.63, 3.8) is 0 Å². The molecule has 98 valence electrons. The summed E-state index contributed by atoms with van der Waals surface area (Å²) in [6.07, 6.45) is 1.29. The minimum atomic E-state index is -0.0880. The van der Waals surface area contributed by atoms with Crippen LogP contribution in [0.2, 0.25) is 0 Å². The summed E-state index contributed by atoms with van der Waals surface area (Å²) in [4.78, 5) is 12.3. The van der Waals surface area contributed by atoms with Crippen LogP contribution >= 0.6 is 33.9 Å². The van der Waals surface area contributed by atoms with Gasteiger partial charge in [-0.25, -0.2) is 0 Å². The molecule has 2 aromatic rings. The van der Waals surface area contributed by atoms with Crippen LogP contribution in [0.3, 0.4) is 0 Å². The molecule has 0 fully saturated rings. The maximum absolute atomic E-state index is 12.3. The number of hydrogen-bond acceptors (Lipinski definition) is 3. The molecule has 3 rings (SSSR count). The largest absolute Gasteiger partial charge is 0.373 e. The summed E-state index contributed by atoms with van der Waals surface area (Å²) < 4.78 is 6.93. The number of carbonyl (C=O) groups is 1. The molecular formula is C15H13IO2S. The fraction of sp³-hybridized carbons (Fsp3) is 0.267. The molecule has 0 N–H and O–H groups in total. The lowest BCUT2D eigenvalue weighted by Crippen LogP contribution is -2.19. The molecule has 0 radical (unpaired) electrons. The molecular weight excluding hydrogens is 371 g/mol. The predicted molar refractivity (Wildman–Crippen MR) is 84.8 cm³/mol. The van der Waals surface area contributed by atoms with Gasteiger partial charge in [-0.05, 0) is 46.2 Å². The van der Waals surface area contributed by atoms with E-state index in [1.54, 1.807) is 11.3 Å². The quantitative estimate of drug-likeness (QED) is 0.585. The first-order valence-corrected chi connectivity index (χ1v) is 8.16. The first-order chi connectivity index (χ1) is 9.24. The number of Topliss-reactive ketones (excluding diaryl/α,β-unsaturated/α-hetero) is 1. The van der Waals surface area contributed by atoms with Crippen LogP contribution in [0.1, 0.15) is 34.0 Å². The molecule has 2 heterocycles. The van der Waals surface area contributed by atoms with Gasteiger partial charge in [0.25, 0.3) is 0 Å². The van der Waals surface area contributed by atoms with E-state index in [2.05, 4.69) is 34.7 Å². The maximum Gasteiger partial charge on any atom is 0.166 e. The van der Waals surface area contributed by atoms with Crippen molar-refractivity contribution in [2.45, 2.75) is 18.9 Å². The summed E-state index contributed by atoms with van der Waals surface area (Å²) in [5, 5.41) is 1.93. The van der Waals surface area contributed by atoms with E-state index in [0.717, 1.165) is 14.9 Å². The number of fused-ring (bicyclic) bond motifs is 1. The highest BCUT2D eigenvalue weighted by molar-refractivity contribution is 14.1. The van der Waals surface area contributed by atoms with Gasteiger partial charge in [-0.1, -0.05) is 24.3 Å². The zero-order valence-electron chi connectivity index (χ0n) is 10.3. The van der Waals surface area contributed by atoms with Crippen molar-refractivity contribution in [3.8, 4) is 0 Å². The Kier molecular flexibility index (Phi) is 4.00. The molecule has 1 aromatic carbocycles. The summed E-state index contributed by atoms with van der Waals surface area (Å²) in [6.45, 7) is 0.704. The highest BCUT2D eigenvalue weighted by Gasteiger charge is 2.23. The monoisotopic (exact) mass is 384 g/mol. The molecule has 0 spiro atoms. The van der Waals surface area contributed by atoms with Crippen LogP contribution in [0.4, 0.5) is 0 Å². The SMILES string of the molecule is O=C(CC1OCCc2ccccc21)c1csc(I)c1. The second-order valence-electron chi connectivity index (χ2n) is 4.58. The molecule has 19 heavy (non-hydrogen) atoms. The fourth-order valence-electron chi connectivity index (χ4n) is 2.39. The van der Waals surface area contributed by atoms with Crippen LogP contribution in [0.25, 0.3) is 0 Å². The summed E-state index contributed by atoms with van der Waals surface area (Å²) >= 11 is 3.85. The van der Waals surface area contributed by atoms with Gasteiger partial charge in [0, 0.05) is 17.4 Å². The van der Waals surface area contributed by atoms with Crippen LogP contribution in [0.15, 0.2) is 35.7 Å². The molecule has 0 aliphatic carbocycles. The molecule has 1 unspecified atom stereocenters. The van der Waals surface area contributed by atoms with Crippen LogP contribution < -0.4 is 0 Å². The van der Waals surface area contributed by atoms with Crippen molar-refractivity contribution in [2.24, 2.45) is 0 Å². The molecule has 1 aromatic heterocycles. The number of halogens is 1. The number of ether oxygens (including phenoxy) is 1. The van der Waals surface area contributed by atoms with Gasteiger partial charge in [-0.15, -0.1) is 11.3 Å². The lowest BCUT2D eigenvalue weighted by molar-refractivity contribution is 0.0352. The van der Waals surface area contributed by atoms with Crippen molar-refractivity contribution in [3.05, 3.63) is 55.3 Å². The van der Waals surface area contributed by atoms with Gasteiger partial charge < -0.3 is 4.74 Å². The Bertz CT molecular complexity index is 606. The molecule has 0 saturated carbocycles. The number of carbonyl (C=O) groups excluding carboxylic acids is 1. The summed E-state index contributed by atoms with van der Waals surface area (Å²) in [5.74, 6) is 0.167. The number of rotatable bonds is 3. The molecule has 0 amide bonds. The Morgan fingerprint density at radius 2 is 2.26 bits per heavy atom. The summed E-state index contributed by atoms with van der Waals surface area (Å²) in [5.41, 5.74) is 3.29. The zero-order valence-corrected chi connectivity index (χ0v) is 13.2. The van der Waals surface area contributed by atoms with E-state index in [4.69, 9.17) is 4.74 Å². The van der Waals surface area contributed by atoms with Crippen molar-refractivity contribution in [1.82, 2.24) is 0 Å². The molecule has 0 saturated heterocycles. The number of thiophene rings is 1. The predicted octanol–water partition coefficient (Wildman–Crippen LogP) is 4.24. The zero-order chi connectivity index (χ0) is 13.2. The van der Waals surface area contributed by atoms with Gasteiger partial charge in [0.1, 0.15) is 0 Å². The van der Waals surface area contributed by atoms with Gasteiger partial charge >= 0.3 is 0 Å². The van der Waals surface area contributed by atoms with E-state index >= 15 is 0 Å². The number of benzene rings is 1. The first-order valence-electron chi connectivity index (χ1n) is 6.20. The average molecular weight is 384 g/mol. The standard InChI is InChI=1S/C15H13IO2S/c16-15-7-11(9-19-15)13(17)8-14-12-4-2-1-3-10(12)5-6-18-14/h1-4,7,9,14H,5-6,8H2. The van der Waals surface area contributed by atoms with Gasteiger partial charge in [-0.2, -0.15) is 0 Å². The molecule has 2 nitrogen and oxygen atoms in total. The molecule has 4 heteroatoms. The van der Waals surface area contributed by atoms with Gasteiger partial charge in [0.05, 0.1) is 15.6 Å². The Morgan fingerprint density at radius 3 is 3.05 bits per heavy atom. The maximum atomic E-state index is 12.3. The van der Waals surface area contributed by atoms with Gasteiger partial charge in [0.2, 0.25) is 0 Å². The normalized spacial score (nSPS) is 18.1. The van der Waals surface area contributed by atoms with Crippen LogP contribution in [-0.4, -0.2) is 12.4 Å². The minimum absolute atomic E-state index is 0.0880. The smallest absolute Gasteiger partial charge is 0.166 e. The minimum Gasteiger partial charge on any atom is -0.373 e. The summed E-state index contributed by atoms with van der Waals surface area (Å²) in [6, 6.07) is 10.2. The Labute approximate surface area is 129 Å². The summed E-state index contributed by atoms with van der Waals surface area (Å²) in [7, 11) is 0. The van der Waals surface area contributed by atoms with Crippen molar-refractivity contribution in [2.75, 3.05) is 6.61 Å². The Morgan fingerprint density at radius 1 is 1.42 bits per heavy atom. The third kappa shape index (κ3) is 2.90. The Balaban J connectivity index is 1.79. The molecule has 0 bridgehead atoms. The third-order valence-electron chi connectivity index (χ3n) is 3.35. The molecule has 1 aliphatic rings. The van der Waals surface area contributed by atoms with Crippen molar-refractivity contribution < 1.29 is 9.53 Å². The van der Waals surface area contributed by atoms with E-state index in [0.29, 0.717) is 13.0 Å². The lowest BCUT2D eigenvalue weighted by Gasteiger charge is -2.25. The number of hydrogen-bond donors (Lipinski definition) is 0. The molecule has 1 atom stereocenters. The first kappa shape index (κ1) is 13.3. The fourth-order valence-corrected chi connectivity index (χ4v) is 3.74. The number of ketones is 1. The van der Waals surface area contributed by atoms with Gasteiger partial charge in [-0.3, -0.25) is 4.79 Å². The van der Waals surface area contributed by atoms with E-state index in [9.17, 15) is 4.79 Å². The topological polar surface area (TPSA) is 26.3 Å². The highest BCUT2D eigenvalue weighted by Crippen LogP contribution is 2.31. The van der Waals surface area contributed by atoms with E-state index < -0.39 is 0 Å². The highest BCUT2D eigenvalue weighted by atomic mass is 127. The third-order valence-corrected chi connectivity index (χ3v) is 5.14. The average Bonchev–Trinajstić information content (AvgIpc) is 2.86. The second-order valence-corrected chi connectivity index (χ2v) is 7.38. The Hall–Kier alpha value is -0.720.